The highest BCUT2D eigenvalue weighted by Crippen LogP contribution is 2.29. The van der Waals surface area contributed by atoms with Gasteiger partial charge in [-0.05, 0) is 56.2 Å². The maximum absolute atomic E-state index is 12.8. The largest absolute Gasteiger partial charge is 0.416 e. The normalized spacial score (nSPS) is 11.8. The van der Waals surface area contributed by atoms with Crippen LogP contribution in [0.3, 0.4) is 0 Å². The van der Waals surface area contributed by atoms with Gasteiger partial charge in [0.2, 0.25) is 5.91 Å². The van der Waals surface area contributed by atoms with Crippen molar-refractivity contribution in [3.05, 3.63) is 88.2 Å². The molecule has 1 heterocycles. The summed E-state index contributed by atoms with van der Waals surface area (Å²) in [6, 6.07) is 14.8. The quantitative estimate of drug-likeness (QED) is 0.458. The summed E-state index contributed by atoms with van der Waals surface area (Å²) in [6.45, 7) is 5.97. The maximum Gasteiger partial charge on any atom is 0.416 e. The van der Waals surface area contributed by atoms with Crippen LogP contribution in [0.15, 0.2) is 59.7 Å². The number of aryl methyl sites for hydroxylation is 2. The number of benzene rings is 2. The van der Waals surface area contributed by atoms with Crippen LogP contribution in [0.4, 0.5) is 13.2 Å². The minimum Gasteiger partial charge on any atom is -0.318 e. The number of carbonyl (C=O) groups is 1. The molecule has 0 aliphatic rings. The molecule has 7 heteroatoms. The number of hydrogen-bond acceptors (Lipinski definition) is 2. The second kappa shape index (κ2) is 8.57. The molecule has 1 N–H and O–H groups in total. The first kappa shape index (κ1) is 21.4. The van der Waals surface area contributed by atoms with Gasteiger partial charge in [-0.25, -0.2) is 5.43 Å². The van der Waals surface area contributed by atoms with Crippen LogP contribution >= 0.6 is 0 Å². The Hall–Kier alpha value is -3.35. The third-order valence-electron chi connectivity index (χ3n) is 4.74. The summed E-state index contributed by atoms with van der Waals surface area (Å²) in [6.07, 6.45) is -3.09. The summed E-state index contributed by atoms with van der Waals surface area (Å²) < 4.78 is 40.5. The van der Waals surface area contributed by atoms with Crippen molar-refractivity contribution in [1.82, 2.24) is 9.99 Å². The fourth-order valence-electron chi connectivity index (χ4n) is 3.34. The maximum atomic E-state index is 12.8. The molecule has 0 aliphatic carbocycles. The SMILES string of the molecule is Cc1cccc(-n2c(C)cc(/C=N/NC(=O)Cc3cccc(C(F)(F)F)c3)c2C)c1. The number of nitrogens with zero attached hydrogens (tertiary/aromatic N) is 2. The van der Waals surface area contributed by atoms with E-state index in [-0.39, 0.29) is 12.0 Å². The Morgan fingerprint density at radius 2 is 1.80 bits per heavy atom. The van der Waals surface area contributed by atoms with Gasteiger partial charge in [-0.3, -0.25) is 4.79 Å². The van der Waals surface area contributed by atoms with Crippen LogP contribution in [0.25, 0.3) is 5.69 Å². The van der Waals surface area contributed by atoms with Crippen molar-refractivity contribution in [1.29, 1.82) is 0 Å². The molecule has 0 aliphatic heterocycles. The van der Waals surface area contributed by atoms with Gasteiger partial charge in [0.15, 0.2) is 0 Å². The lowest BCUT2D eigenvalue weighted by atomic mass is 10.1. The lowest BCUT2D eigenvalue weighted by Gasteiger charge is -2.10. The van der Waals surface area contributed by atoms with E-state index < -0.39 is 17.6 Å². The van der Waals surface area contributed by atoms with E-state index >= 15 is 0 Å². The number of alkyl halides is 3. The van der Waals surface area contributed by atoms with Crippen molar-refractivity contribution in [2.24, 2.45) is 5.10 Å². The van der Waals surface area contributed by atoms with Crippen molar-refractivity contribution in [2.45, 2.75) is 33.4 Å². The van der Waals surface area contributed by atoms with Gasteiger partial charge in [-0.1, -0.05) is 30.3 Å². The molecule has 2 aromatic carbocycles. The van der Waals surface area contributed by atoms with E-state index in [0.717, 1.165) is 40.3 Å². The molecule has 0 saturated carbocycles. The Morgan fingerprint density at radius 3 is 2.50 bits per heavy atom. The molecule has 3 rings (SSSR count). The minimum absolute atomic E-state index is 0.191. The lowest BCUT2D eigenvalue weighted by molar-refractivity contribution is -0.137. The van der Waals surface area contributed by atoms with E-state index in [4.69, 9.17) is 0 Å². The predicted molar refractivity (Wildman–Crippen MR) is 111 cm³/mol. The number of hydrazone groups is 1. The van der Waals surface area contributed by atoms with Crippen LogP contribution in [-0.2, 0) is 17.4 Å². The molecular weight excluding hydrogens is 391 g/mol. The molecule has 156 valence electrons. The first-order valence-corrected chi connectivity index (χ1v) is 9.39. The van der Waals surface area contributed by atoms with E-state index in [1.54, 1.807) is 6.21 Å². The fourth-order valence-corrected chi connectivity index (χ4v) is 3.34. The lowest BCUT2D eigenvalue weighted by Crippen LogP contribution is -2.20. The topological polar surface area (TPSA) is 46.4 Å². The van der Waals surface area contributed by atoms with Crippen molar-refractivity contribution in [3.8, 4) is 5.69 Å². The van der Waals surface area contributed by atoms with Gasteiger partial charge < -0.3 is 4.57 Å². The Kier molecular flexibility index (Phi) is 6.10. The number of hydrogen-bond donors (Lipinski definition) is 1. The zero-order chi connectivity index (χ0) is 21.9. The number of rotatable bonds is 5. The van der Waals surface area contributed by atoms with Gasteiger partial charge in [0.25, 0.3) is 0 Å². The van der Waals surface area contributed by atoms with Gasteiger partial charge in [-0.15, -0.1) is 0 Å². The first-order valence-electron chi connectivity index (χ1n) is 9.39. The highest BCUT2D eigenvalue weighted by Gasteiger charge is 2.30. The Balaban J connectivity index is 1.69. The van der Waals surface area contributed by atoms with Crippen molar-refractivity contribution in [2.75, 3.05) is 0 Å². The predicted octanol–water partition coefficient (Wildman–Crippen LogP) is 5.11. The van der Waals surface area contributed by atoms with Crippen molar-refractivity contribution in [3.63, 3.8) is 0 Å². The molecule has 0 fully saturated rings. The highest BCUT2D eigenvalue weighted by atomic mass is 19.4. The van der Waals surface area contributed by atoms with Gasteiger partial charge in [0, 0.05) is 22.6 Å². The zero-order valence-corrected chi connectivity index (χ0v) is 16.9. The van der Waals surface area contributed by atoms with E-state index in [9.17, 15) is 18.0 Å². The number of amides is 1. The van der Waals surface area contributed by atoms with Gasteiger partial charge in [0.1, 0.15) is 0 Å². The van der Waals surface area contributed by atoms with Gasteiger partial charge in [-0.2, -0.15) is 18.3 Å². The van der Waals surface area contributed by atoms with Crippen LogP contribution in [0.2, 0.25) is 0 Å². The standard InChI is InChI=1S/C23H22F3N3O/c1-15-6-4-9-21(10-15)29-16(2)11-19(17(29)3)14-27-28-22(30)13-18-7-5-8-20(12-18)23(24,25)26/h4-12,14H,13H2,1-3H3,(H,28,30)/b27-14+. The van der Waals surface area contributed by atoms with E-state index in [1.807, 2.05) is 45.0 Å². The van der Waals surface area contributed by atoms with E-state index in [1.165, 1.54) is 12.1 Å². The molecular formula is C23H22F3N3O. The second-order valence-corrected chi connectivity index (χ2v) is 7.17. The molecule has 1 amide bonds. The fraction of sp³-hybridized carbons (Fsp3) is 0.217. The molecule has 4 nitrogen and oxygen atoms in total. The van der Waals surface area contributed by atoms with Gasteiger partial charge >= 0.3 is 6.18 Å². The summed E-state index contributed by atoms with van der Waals surface area (Å²) in [5.41, 5.74) is 6.90. The van der Waals surface area contributed by atoms with Crippen molar-refractivity contribution < 1.29 is 18.0 Å². The summed E-state index contributed by atoms with van der Waals surface area (Å²) in [7, 11) is 0. The van der Waals surface area contributed by atoms with Crippen LogP contribution in [0.5, 0.6) is 0 Å². The minimum atomic E-state index is -4.44. The van der Waals surface area contributed by atoms with Crippen LogP contribution in [0, 0.1) is 20.8 Å². The number of aromatic nitrogens is 1. The highest BCUT2D eigenvalue weighted by molar-refractivity contribution is 5.84. The number of carbonyl (C=O) groups excluding carboxylic acids is 1. The number of halogens is 3. The molecule has 3 aromatic rings. The molecule has 30 heavy (non-hydrogen) atoms. The third-order valence-corrected chi connectivity index (χ3v) is 4.74. The molecule has 0 atom stereocenters. The van der Waals surface area contributed by atoms with Crippen LogP contribution < -0.4 is 5.43 Å². The third kappa shape index (κ3) is 4.97. The zero-order valence-electron chi connectivity index (χ0n) is 16.9. The Labute approximate surface area is 173 Å². The van der Waals surface area contributed by atoms with Crippen LogP contribution in [0.1, 0.15) is 33.6 Å². The van der Waals surface area contributed by atoms with E-state index in [0.29, 0.717) is 0 Å². The number of nitrogens with one attached hydrogen (secondary N) is 1. The molecule has 0 radical (unpaired) electrons. The first-order chi connectivity index (χ1) is 14.1. The van der Waals surface area contributed by atoms with Gasteiger partial charge in [0.05, 0.1) is 18.2 Å². The molecule has 1 aromatic heterocycles. The molecule has 0 unspecified atom stereocenters. The summed E-state index contributed by atoms with van der Waals surface area (Å²) in [4.78, 5) is 12.1. The monoisotopic (exact) mass is 413 g/mol. The molecule has 0 saturated heterocycles. The average molecular weight is 413 g/mol. The Bertz CT molecular complexity index is 1100. The Morgan fingerprint density at radius 1 is 1.07 bits per heavy atom. The van der Waals surface area contributed by atoms with E-state index in [2.05, 4.69) is 21.2 Å². The summed E-state index contributed by atoms with van der Waals surface area (Å²) in [5.74, 6) is -0.488. The van der Waals surface area contributed by atoms with Crippen molar-refractivity contribution >= 4 is 12.1 Å². The second-order valence-electron chi connectivity index (χ2n) is 7.17. The van der Waals surface area contributed by atoms with Crippen LogP contribution in [-0.4, -0.2) is 16.7 Å². The molecule has 0 bridgehead atoms. The molecule has 0 spiro atoms. The average Bonchev–Trinajstić information content (AvgIpc) is 2.94. The summed E-state index contributed by atoms with van der Waals surface area (Å²) >= 11 is 0. The smallest absolute Gasteiger partial charge is 0.318 e. The summed E-state index contributed by atoms with van der Waals surface area (Å²) in [5, 5.41) is 3.98.